The van der Waals surface area contributed by atoms with Crippen LogP contribution < -0.4 is 0 Å². The smallest absolute Gasteiger partial charge is 0.261 e. The maximum atomic E-state index is 12.2. The molecule has 0 spiro atoms. The SMILES string of the molecule is C=C(C)CN(C)C(=O)c1cc(C)cc(S(=O)(=O)Cl)c1. The summed E-state index contributed by atoms with van der Waals surface area (Å²) in [4.78, 5) is 13.6. The predicted molar refractivity (Wildman–Crippen MR) is 76.0 cm³/mol. The van der Waals surface area contributed by atoms with Crippen molar-refractivity contribution in [2.45, 2.75) is 18.7 Å². The number of hydrogen-bond donors (Lipinski definition) is 0. The van der Waals surface area contributed by atoms with E-state index in [0.29, 0.717) is 17.7 Å². The average molecular weight is 302 g/mol. The molecule has 0 fully saturated rings. The van der Waals surface area contributed by atoms with Crippen LogP contribution in [0.5, 0.6) is 0 Å². The number of halogens is 1. The Morgan fingerprint density at radius 3 is 2.42 bits per heavy atom. The molecule has 0 atom stereocenters. The molecule has 1 rings (SSSR count). The first-order chi connectivity index (χ1) is 8.61. The zero-order chi connectivity index (χ0) is 14.8. The van der Waals surface area contributed by atoms with Gasteiger partial charge in [0.2, 0.25) is 0 Å². The van der Waals surface area contributed by atoms with Crippen LogP contribution in [0.2, 0.25) is 0 Å². The molecule has 0 bridgehead atoms. The number of rotatable bonds is 4. The number of hydrogen-bond acceptors (Lipinski definition) is 3. The molecular weight excluding hydrogens is 286 g/mol. The monoisotopic (exact) mass is 301 g/mol. The fourth-order valence-electron chi connectivity index (χ4n) is 1.71. The Labute approximate surface area is 118 Å². The van der Waals surface area contributed by atoms with Crippen LogP contribution >= 0.6 is 10.7 Å². The fraction of sp³-hybridized carbons (Fsp3) is 0.308. The van der Waals surface area contributed by atoms with E-state index in [2.05, 4.69) is 6.58 Å². The molecule has 1 aromatic carbocycles. The Bertz CT molecular complexity index is 623. The lowest BCUT2D eigenvalue weighted by Crippen LogP contribution is -2.28. The van der Waals surface area contributed by atoms with E-state index in [-0.39, 0.29) is 10.8 Å². The van der Waals surface area contributed by atoms with Crippen LogP contribution in [0.25, 0.3) is 0 Å². The van der Waals surface area contributed by atoms with Crippen LogP contribution in [0, 0.1) is 6.92 Å². The summed E-state index contributed by atoms with van der Waals surface area (Å²) in [6, 6.07) is 4.34. The van der Waals surface area contributed by atoms with Crippen LogP contribution in [-0.4, -0.2) is 32.8 Å². The Morgan fingerprint density at radius 2 is 1.95 bits per heavy atom. The summed E-state index contributed by atoms with van der Waals surface area (Å²) in [7, 11) is 3.09. The number of benzene rings is 1. The molecule has 0 heterocycles. The molecular formula is C13H16ClNO3S. The van der Waals surface area contributed by atoms with Gasteiger partial charge in [0.25, 0.3) is 15.0 Å². The molecule has 0 saturated heterocycles. The van der Waals surface area contributed by atoms with Gasteiger partial charge in [0.1, 0.15) is 0 Å². The highest BCUT2D eigenvalue weighted by atomic mass is 35.7. The van der Waals surface area contributed by atoms with Gasteiger partial charge in [-0.1, -0.05) is 12.2 Å². The Balaban J connectivity index is 3.18. The summed E-state index contributed by atoms with van der Waals surface area (Å²) >= 11 is 0. The van der Waals surface area contributed by atoms with Gasteiger partial charge in [-0.25, -0.2) is 8.42 Å². The van der Waals surface area contributed by atoms with Crippen molar-refractivity contribution in [3.63, 3.8) is 0 Å². The zero-order valence-electron chi connectivity index (χ0n) is 11.1. The minimum atomic E-state index is -3.85. The van der Waals surface area contributed by atoms with Gasteiger partial charge in [-0.15, -0.1) is 0 Å². The molecule has 0 radical (unpaired) electrons. The van der Waals surface area contributed by atoms with E-state index in [1.807, 2.05) is 6.92 Å². The van der Waals surface area contributed by atoms with Crippen LogP contribution in [0.1, 0.15) is 22.8 Å². The second kappa shape index (κ2) is 5.75. The Hall–Kier alpha value is -1.33. The van der Waals surface area contributed by atoms with E-state index >= 15 is 0 Å². The average Bonchev–Trinajstić information content (AvgIpc) is 2.25. The van der Waals surface area contributed by atoms with Crippen LogP contribution in [0.3, 0.4) is 0 Å². The van der Waals surface area contributed by atoms with Crippen molar-refractivity contribution in [3.8, 4) is 0 Å². The summed E-state index contributed by atoms with van der Waals surface area (Å²) in [6.45, 7) is 7.67. The standard InChI is InChI=1S/C13H16ClNO3S/c1-9(2)8-15(4)13(16)11-5-10(3)6-12(7-11)19(14,17)18/h5-7H,1,8H2,2-4H3. The molecule has 1 amide bonds. The third kappa shape index (κ3) is 4.36. The molecule has 0 unspecified atom stereocenters. The van der Waals surface area contributed by atoms with Crippen molar-refractivity contribution in [2.75, 3.05) is 13.6 Å². The lowest BCUT2D eigenvalue weighted by molar-refractivity contribution is 0.0806. The molecule has 19 heavy (non-hydrogen) atoms. The normalized spacial score (nSPS) is 11.2. The summed E-state index contributed by atoms with van der Waals surface area (Å²) in [5, 5.41) is 0. The van der Waals surface area contributed by atoms with Crippen molar-refractivity contribution in [1.29, 1.82) is 0 Å². The van der Waals surface area contributed by atoms with Crippen molar-refractivity contribution in [2.24, 2.45) is 0 Å². The van der Waals surface area contributed by atoms with Gasteiger partial charge in [-0.3, -0.25) is 4.79 Å². The van der Waals surface area contributed by atoms with Crippen LogP contribution in [0.15, 0.2) is 35.2 Å². The van der Waals surface area contributed by atoms with Crippen molar-refractivity contribution in [3.05, 3.63) is 41.5 Å². The predicted octanol–water partition coefficient (Wildman–Crippen LogP) is 2.57. The number of aryl methyl sites for hydroxylation is 1. The lowest BCUT2D eigenvalue weighted by Gasteiger charge is -2.17. The summed E-state index contributed by atoms with van der Waals surface area (Å²) in [6.07, 6.45) is 0. The van der Waals surface area contributed by atoms with E-state index in [1.54, 1.807) is 20.0 Å². The van der Waals surface area contributed by atoms with Crippen molar-refractivity contribution >= 4 is 25.6 Å². The minimum absolute atomic E-state index is 0.0683. The highest BCUT2D eigenvalue weighted by Crippen LogP contribution is 2.19. The van der Waals surface area contributed by atoms with E-state index in [1.165, 1.54) is 17.0 Å². The van der Waals surface area contributed by atoms with Crippen LogP contribution in [-0.2, 0) is 9.05 Å². The van der Waals surface area contributed by atoms with Gasteiger partial charge in [0.15, 0.2) is 0 Å². The van der Waals surface area contributed by atoms with Crippen molar-refractivity contribution < 1.29 is 13.2 Å². The molecule has 0 aliphatic rings. The molecule has 0 saturated carbocycles. The van der Waals surface area contributed by atoms with Gasteiger partial charge in [0, 0.05) is 29.8 Å². The number of nitrogens with zero attached hydrogens (tertiary/aromatic N) is 1. The highest BCUT2D eigenvalue weighted by Gasteiger charge is 2.17. The number of likely N-dealkylation sites (N-methyl/N-ethyl adjacent to an activating group) is 1. The first-order valence-electron chi connectivity index (χ1n) is 5.57. The Kier molecular flexibility index (Phi) is 4.76. The van der Waals surface area contributed by atoms with Gasteiger partial charge in [-0.2, -0.15) is 0 Å². The lowest BCUT2D eigenvalue weighted by atomic mass is 10.1. The second-order valence-corrected chi connectivity index (χ2v) is 7.16. The molecule has 0 aliphatic heterocycles. The summed E-state index contributed by atoms with van der Waals surface area (Å²) in [5.41, 5.74) is 1.80. The molecule has 0 aromatic heterocycles. The van der Waals surface area contributed by atoms with Gasteiger partial charge < -0.3 is 4.90 Å². The van der Waals surface area contributed by atoms with Gasteiger partial charge in [0.05, 0.1) is 4.90 Å². The number of carbonyl (C=O) groups excluding carboxylic acids is 1. The maximum Gasteiger partial charge on any atom is 0.261 e. The number of carbonyl (C=O) groups is 1. The van der Waals surface area contributed by atoms with Gasteiger partial charge in [-0.05, 0) is 37.6 Å². The van der Waals surface area contributed by atoms with Crippen molar-refractivity contribution in [1.82, 2.24) is 4.90 Å². The van der Waals surface area contributed by atoms with Crippen LogP contribution in [0.4, 0.5) is 0 Å². The van der Waals surface area contributed by atoms with E-state index in [9.17, 15) is 13.2 Å². The summed E-state index contributed by atoms with van der Waals surface area (Å²) in [5.74, 6) is -0.270. The zero-order valence-corrected chi connectivity index (χ0v) is 12.7. The third-order valence-electron chi connectivity index (χ3n) is 2.43. The highest BCUT2D eigenvalue weighted by molar-refractivity contribution is 8.13. The largest absolute Gasteiger partial charge is 0.338 e. The number of amides is 1. The van der Waals surface area contributed by atoms with E-state index < -0.39 is 9.05 Å². The Morgan fingerprint density at radius 1 is 1.37 bits per heavy atom. The molecule has 4 nitrogen and oxygen atoms in total. The fourth-order valence-corrected chi connectivity index (χ4v) is 2.57. The third-order valence-corrected chi connectivity index (χ3v) is 3.77. The second-order valence-electron chi connectivity index (χ2n) is 4.59. The molecule has 0 aliphatic carbocycles. The molecule has 1 aromatic rings. The summed E-state index contributed by atoms with van der Waals surface area (Å²) < 4.78 is 22.7. The first kappa shape index (κ1) is 15.7. The molecule has 0 N–H and O–H groups in total. The first-order valence-corrected chi connectivity index (χ1v) is 7.88. The minimum Gasteiger partial charge on any atom is -0.338 e. The van der Waals surface area contributed by atoms with E-state index in [4.69, 9.17) is 10.7 Å². The quantitative estimate of drug-likeness (QED) is 0.634. The molecule has 104 valence electrons. The maximum absolute atomic E-state index is 12.2. The molecule has 6 heteroatoms. The topological polar surface area (TPSA) is 54.5 Å². The van der Waals surface area contributed by atoms with Gasteiger partial charge >= 0.3 is 0 Å². The van der Waals surface area contributed by atoms with E-state index in [0.717, 1.165) is 5.57 Å².